The van der Waals surface area contributed by atoms with E-state index in [1.54, 1.807) is 30.3 Å². The van der Waals surface area contributed by atoms with Gasteiger partial charge in [0.2, 0.25) is 5.91 Å². The Kier molecular flexibility index (Phi) is 8.64. The Labute approximate surface area is 214 Å². The molecule has 1 amide bonds. The third-order valence-corrected chi connectivity index (χ3v) is 7.15. The number of anilines is 2. The van der Waals surface area contributed by atoms with Gasteiger partial charge in [0, 0.05) is 16.8 Å². The molecule has 11 heteroatoms. The van der Waals surface area contributed by atoms with Gasteiger partial charge in [0.15, 0.2) is 11.5 Å². The maximum Gasteiger partial charge on any atom is 0.265 e. The number of hydrogen-bond donors (Lipinski definition) is 1. The van der Waals surface area contributed by atoms with Gasteiger partial charge in [0.1, 0.15) is 12.3 Å². The van der Waals surface area contributed by atoms with Gasteiger partial charge in [-0.05, 0) is 48.0 Å². The Morgan fingerprint density at radius 2 is 1.58 bits per heavy atom. The summed E-state index contributed by atoms with van der Waals surface area (Å²) in [5, 5.41) is 11.8. The van der Waals surface area contributed by atoms with E-state index in [1.807, 2.05) is 0 Å². The Morgan fingerprint density at radius 1 is 0.944 bits per heavy atom. The first-order chi connectivity index (χ1) is 17.2. The molecule has 0 spiro atoms. The number of halogens is 1. The average Bonchev–Trinajstić information content (AvgIpc) is 2.88. The van der Waals surface area contributed by atoms with Crippen LogP contribution in [0.2, 0.25) is 5.02 Å². The van der Waals surface area contributed by atoms with Gasteiger partial charge in [-0.3, -0.25) is 9.10 Å². The lowest BCUT2D eigenvalue weighted by atomic mass is 10.1. The highest BCUT2D eigenvalue weighted by Gasteiger charge is 2.30. The Bertz CT molecular complexity index is 1390. The van der Waals surface area contributed by atoms with E-state index in [9.17, 15) is 13.2 Å². The van der Waals surface area contributed by atoms with Gasteiger partial charge in [-0.15, -0.1) is 0 Å². The molecule has 188 valence electrons. The molecule has 0 heterocycles. The highest BCUT2D eigenvalue weighted by molar-refractivity contribution is 7.92. The number of nitriles is 1. The van der Waals surface area contributed by atoms with E-state index in [0.29, 0.717) is 11.4 Å². The summed E-state index contributed by atoms with van der Waals surface area (Å²) >= 11 is 6.17. The van der Waals surface area contributed by atoms with Gasteiger partial charge in [-0.2, -0.15) is 5.26 Å². The van der Waals surface area contributed by atoms with E-state index in [4.69, 9.17) is 31.1 Å². The van der Waals surface area contributed by atoms with Crippen molar-refractivity contribution < 1.29 is 27.4 Å². The molecule has 0 bridgehead atoms. The third kappa shape index (κ3) is 6.00. The zero-order chi connectivity index (χ0) is 26.3. The van der Waals surface area contributed by atoms with Gasteiger partial charge in [-0.25, -0.2) is 8.42 Å². The Hall–Kier alpha value is -3.94. The number of amides is 1. The van der Waals surface area contributed by atoms with Crippen LogP contribution in [-0.4, -0.2) is 42.2 Å². The van der Waals surface area contributed by atoms with Crippen LogP contribution in [0.1, 0.15) is 5.56 Å². The number of hydrogen-bond acceptors (Lipinski definition) is 7. The fourth-order valence-electron chi connectivity index (χ4n) is 3.39. The summed E-state index contributed by atoms with van der Waals surface area (Å²) in [5.74, 6) is 0.158. The van der Waals surface area contributed by atoms with Crippen LogP contribution in [0.15, 0.2) is 65.6 Å². The minimum Gasteiger partial charge on any atom is -0.495 e. The van der Waals surface area contributed by atoms with E-state index in [2.05, 4.69) is 11.4 Å². The standard InChI is InChI=1S/C25H24ClN3O6S/c1-33-22-10-6-18(26)14-21(22)29(16-25(30)28-19-7-4-17(5-8-19)12-13-27)36(31,32)20-9-11-23(34-2)24(15-20)35-3/h4-11,14-15H,12,16H2,1-3H3,(H,28,30). The Balaban J connectivity index is 2.02. The maximum absolute atomic E-state index is 13.8. The summed E-state index contributed by atoms with van der Waals surface area (Å²) in [5.41, 5.74) is 1.32. The van der Waals surface area contributed by atoms with Crippen molar-refractivity contribution in [2.24, 2.45) is 0 Å². The molecule has 0 aliphatic carbocycles. The third-order valence-electron chi connectivity index (χ3n) is 5.16. The molecule has 0 radical (unpaired) electrons. The van der Waals surface area contributed by atoms with Gasteiger partial charge >= 0.3 is 0 Å². The van der Waals surface area contributed by atoms with Crippen molar-refractivity contribution in [1.82, 2.24) is 0 Å². The first-order valence-corrected chi connectivity index (χ1v) is 12.4. The molecule has 0 aromatic heterocycles. The number of sulfonamides is 1. The highest BCUT2D eigenvalue weighted by Crippen LogP contribution is 2.37. The molecule has 3 aromatic rings. The monoisotopic (exact) mass is 529 g/mol. The van der Waals surface area contributed by atoms with Crippen LogP contribution in [0, 0.1) is 11.3 Å². The Morgan fingerprint density at radius 3 is 2.19 bits per heavy atom. The van der Waals surface area contributed by atoms with Crippen LogP contribution in [-0.2, 0) is 21.2 Å². The van der Waals surface area contributed by atoms with Crippen molar-refractivity contribution in [3.8, 4) is 23.3 Å². The second-order valence-electron chi connectivity index (χ2n) is 7.42. The number of carbonyl (C=O) groups excluding carboxylic acids is 1. The number of nitrogens with one attached hydrogen (secondary N) is 1. The lowest BCUT2D eigenvalue weighted by molar-refractivity contribution is -0.114. The molecule has 3 aromatic carbocycles. The van der Waals surface area contributed by atoms with Crippen LogP contribution in [0.4, 0.5) is 11.4 Å². The quantitative estimate of drug-likeness (QED) is 0.416. The van der Waals surface area contributed by atoms with Crippen LogP contribution in [0.25, 0.3) is 0 Å². The predicted molar refractivity (Wildman–Crippen MR) is 136 cm³/mol. The molecular weight excluding hydrogens is 506 g/mol. The zero-order valence-corrected chi connectivity index (χ0v) is 21.4. The van der Waals surface area contributed by atoms with Gasteiger partial charge in [0.25, 0.3) is 10.0 Å². The first kappa shape index (κ1) is 26.7. The number of nitrogens with zero attached hydrogens (tertiary/aromatic N) is 2. The minimum atomic E-state index is -4.30. The lowest BCUT2D eigenvalue weighted by Gasteiger charge is -2.26. The van der Waals surface area contributed by atoms with E-state index in [0.717, 1.165) is 9.87 Å². The maximum atomic E-state index is 13.8. The van der Waals surface area contributed by atoms with Crippen molar-refractivity contribution in [1.29, 1.82) is 5.26 Å². The van der Waals surface area contributed by atoms with E-state index in [-0.39, 0.29) is 33.5 Å². The largest absolute Gasteiger partial charge is 0.495 e. The van der Waals surface area contributed by atoms with Crippen molar-refractivity contribution in [3.63, 3.8) is 0 Å². The smallest absolute Gasteiger partial charge is 0.265 e. The second-order valence-corrected chi connectivity index (χ2v) is 9.72. The topological polar surface area (TPSA) is 118 Å². The predicted octanol–water partition coefficient (Wildman–Crippen LogP) is 4.27. The van der Waals surface area contributed by atoms with Gasteiger partial charge in [-0.1, -0.05) is 23.7 Å². The summed E-state index contributed by atoms with van der Waals surface area (Å²) in [6, 6.07) is 17.3. The molecule has 0 saturated carbocycles. The number of methoxy groups -OCH3 is 3. The summed E-state index contributed by atoms with van der Waals surface area (Å²) in [4.78, 5) is 12.9. The SMILES string of the molecule is COc1ccc(S(=O)(=O)N(CC(=O)Nc2ccc(CC#N)cc2)c2cc(Cl)ccc2OC)cc1OC. The summed E-state index contributed by atoms with van der Waals surface area (Å²) in [6.45, 7) is -0.576. The van der Waals surface area contributed by atoms with E-state index in [1.165, 1.54) is 51.7 Å². The summed E-state index contributed by atoms with van der Waals surface area (Å²) in [7, 11) is -0.0874. The fraction of sp³-hybridized carbons (Fsp3) is 0.200. The molecule has 0 aliphatic heterocycles. The van der Waals surface area contributed by atoms with Crippen LogP contribution in [0.3, 0.4) is 0 Å². The molecule has 36 heavy (non-hydrogen) atoms. The van der Waals surface area contributed by atoms with Crippen LogP contribution >= 0.6 is 11.6 Å². The molecule has 0 atom stereocenters. The first-order valence-electron chi connectivity index (χ1n) is 10.6. The lowest BCUT2D eigenvalue weighted by Crippen LogP contribution is -2.38. The summed E-state index contributed by atoms with van der Waals surface area (Å²) in [6.07, 6.45) is 0.236. The van der Waals surface area contributed by atoms with Gasteiger partial charge in [0.05, 0.1) is 44.4 Å². The average molecular weight is 530 g/mol. The van der Waals surface area contributed by atoms with Crippen molar-refractivity contribution in [2.45, 2.75) is 11.3 Å². The molecule has 1 N–H and O–H groups in total. The molecule has 0 aliphatic rings. The fourth-order valence-corrected chi connectivity index (χ4v) is 5.00. The van der Waals surface area contributed by atoms with Crippen LogP contribution < -0.4 is 23.8 Å². The molecule has 0 unspecified atom stereocenters. The molecule has 0 fully saturated rings. The minimum absolute atomic E-state index is 0.0827. The highest BCUT2D eigenvalue weighted by atomic mass is 35.5. The molecular formula is C25H24ClN3O6S. The molecule has 0 saturated heterocycles. The number of ether oxygens (including phenoxy) is 3. The van der Waals surface area contributed by atoms with Crippen molar-refractivity contribution in [2.75, 3.05) is 37.5 Å². The van der Waals surface area contributed by atoms with Crippen LogP contribution in [0.5, 0.6) is 17.2 Å². The second kappa shape index (κ2) is 11.7. The normalized spacial score (nSPS) is 10.8. The molecule has 3 rings (SSSR count). The number of benzene rings is 3. The number of carbonyl (C=O) groups is 1. The van der Waals surface area contributed by atoms with E-state index < -0.39 is 22.5 Å². The summed E-state index contributed by atoms with van der Waals surface area (Å²) < 4.78 is 44.3. The van der Waals surface area contributed by atoms with Crippen molar-refractivity contribution >= 4 is 38.9 Å². The van der Waals surface area contributed by atoms with Gasteiger partial charge < -0.3 is 19.5 Å². The zero-order valence-electron chi connectivity index (χ0n) is 19.8. The number of rotatable bonds is 10. The molecule has 9 nitrogen and oxygen atoms in total. The van der Waals surface area contributed by atoms with E-state index >= 15 is 0 Å². The van der Waals surface area contributed by atoms with Crippen molar-refractivity contribution in [3.05, 3.63) is 71.2 Å².